The van der Waals surface area contributed by atoms with Crippen LogP contribution in [0.5, 0.6) is 0 Å². The zero-order chi connectivity index (χ0) is 10.2. The molecule has 0 bridgehead atoms. The van der Waals surface area contributed by atoms with Gasteiger partial charge in [0.2, 0.25) is 8.40 Å². The molecule has 0 spiro atoms. The molecule has 0 unspecified atom stereocenters. The van der Waals surface area contributed by atoms with Crippen LogP contribution in [0.25, 0.3) is 0 Å². The lowest BCUT2D eigenvalue weighted by atomic mass is 10.5. The topological polar surface area (TPSA) is 24.1 Å². The molecule has 0 aliphatic carbocycles. The smallest absolute Gasteiger partial charge is 0.202 e. The summed E-state index contributed by atoms with van der Waals surface area (Å²) in [6.45, 7) is 12.8. The Kier molecular flexibility index (Phi) is 7.23. The second kappa shape index (κ2) is 7.30. The summed E-state index contributed by atoms with van der Waals surface area (Å²) in [5.74, 6) is 0. The quantitative estimate of drug-likeness (QED) is 0.464. The minimum absolute atomic E-state index is 1.10. The molecule has 0 aromatic carbocycles. The Balaban J connectivity index is 3.90. The van der Waals surface area contributed by atoms with E-state index in [2.05, 4.69) is 36.9 Å². The van der Waals surface area contributed by atoms with Crippen molar-refractivity contribution in [1.82, 2.24) is 9.96 Å². The fourth-order valence-electron chi connectivity index (χ4n) is 1.30. The van der Waals surface area contributed by atoms with Crippen LogP contribution in [0, 0.1) is 0 Å². The molecule has 0 aliphatic heterocycles. The first-order valence-electron chi connectivity index (χ1n) is 5.29. The highest BCUT2D eigenvalue weighted by Crippen LogP contribution is 2.02. The van der Waals surface area contributed by atoms with Gasteiger partial charge in [-0.2, -0.15) is 0 Å². The average molecular weight is 200 g/mol. The highest BCUT2D eigenvalue weighted by Gasteiger charge is 2.23. The predicted molar refractivity (Wildman–Crippen MR) is 63.2 cm³/mol. The summed E-state index contributed by atoms with van der Waals surface area (Å²) in [4.78, 5) is 7.28. The number of nitrogens with one attached hydrogen (secondary N) is 2. The van der Waals surface area contributed by atoms with E-state index in [0.29, 0.717) is 0 Å². The van der Waals surface area contributed by atoms with Gasteiger partial charge in [0.1, 0.15) is 0 Å². The molecule has 0 aliphatic rings. The van der Waals surface area contributed by atoms with Crippen LogP contribution < -0.4 is 9.96 Å². The molecule has 0 saturated carbocycles. The maximum absolute atomic E-state index is 3.82. The van der Waals surface area contributed by atoms with Gasteiger partial charge >= 0.3 is 0 Å². The normalized spacial score (nSPS) is 11.6. The molecule has 0 aromatic rings. The molecule has 0 saturated heterocycles. The van der Waals surface area contributed by atoms with Crippen LogP contribution in [0.4, 0.5) is 0 Å². The molecular formula is C10H24N2Si. The molecule has 0 rings (SSSR count). The third kappa shape index (κ3) is 6.02. The Bertz CT molecular complexity index is 129. The van der Waals surface area contributed by atoms with E-state index in [9.17, 15) is 0 Å². The zero-order valence-electron chi connectivity index (χ0n) is 9.32. The van der Waals surface area contributed by atoms with Crippen molar-refractivity contribution < 1.29 is 0 Å². The molecule has 0 heterocycles. The molecular weight excluding hydrogens is 176 g/mol. The van der Waals surface area contributed by atoms with Gasteiger partial charge in [0, 0.05) is 0 Å². The van der Waals surface area contributed by atoms with Crippen molar-refractivity contribution >= 4 is 8.40 Å². The molecule has 0 atom stereocenters. The standard InChI is InChI=1S/C10H24N2Si/c1-5-8-11-13(4,10-7-3)12-9-6-2/h7,11-12H,3,5-6,8-10H2,1-2,4H3. The summed E-state index contributed by atoms with van der Waals surface area (Å²) < 4.78 is 0. The second-order valence-corrected chi connectivity index (χ2v) is 7.46. The van der Waals surface area contributed by atoms with Crippen LogP contribution in [0.1, 0.15) is 26.7 Å². The summed E-state index contributed by atoms with van der Waals surface area (Å²) >= 11 is 0. The second-order valence-electron chi connectivity index (χ2n) is 3.68. The van der Waals surface area contributed by atoms with E-state index in [-0.39, 0.29) is 0 Å². The van der Waals surface area contributed by atoms with Crippen molar-refractivity contribution in [2.24, 2.45) is 0 Å². The van der Waals surface area contributed by atoms with Gasteiger partial charge in [-0.1, -0.05) is 19.9 Å². The van der Waals surface area contributed by atoms with Crippen molar-refractivity contribution in [2.45, 2.75) is 39.3 Å². The SMILES string of the molecule is C=CC[Si](C)(NCCC)NCCC. The molecule has 13 heavy (non-hydrogen) atoms. The monoisotopic (exact) mass is 200 g/mol. The van der Waals surface area contributed by atoms with Crippen LogP contribution in [0.15, 0.2) is 12.7 Å². The summed E-state index contributed by atoms with van der Waals surface area (Å²) in [5.41, 5.74) is 0. The number of hydrogen-bond acceptors (Lipinski definition) is 2. The first kappa shape index (κ1) is 12.9. The maximum Gasteiger partial charge on any atom is 0.202 e. The molecule has 2 nitrogen and oxygen atoms in total. The summed E-state index contributed by atoms with van der Waals surface area (Å²) in [7, 11) is -1.41. The van der Waals surface area contributed by atoms with E-state index < -0.39 is 8.40 Å². The average Bonchev–Trinajstić information content (AvgIpc) is 2.12. The largest absolute Gasteiger partial charge is 0.325 e. The Morgan fingerprint density at radius 2 is 1.62 bits per heavy atom. The van der Waals surface area contributed by atoms with Gasteiger partial charge in [-0.05, 0) is 38.5 Å². The van der Waals surface area contributed by atoms with E-state index in [1.54, 1.807) is 0 Å². The van der Waals surface area contributed by atoms with E-state index in [0.717, 1.165) is 19.1 Å². The molecule has 0 aromatic heterocycles. The highest BCUT2D eigenvalue weighted by molar-refractivity contribution is 6.74. The zero-order valence-corrected chi connectivity index (χ0v) is 10.3. The van der Waals surface area contributed by atoms with Gasteiger partial charge in [-0.25, -0.2) is 0 Å². The first-order chi connectivity index (χ1) is 6.18. The Morgan fingerprint density at radius 1 is 1.15 bits per heavy atom. The molecule has 2 N–H and O–H groups in total. The van der Waals surface area contributed by atoms with Crippen LogP contribution in [-0.4, -0.2) is 21.5 Å². The van der Waals surface area contributed by atoms with Gasteiger partial charge in [0.25, 0.3) is 0 Å². The van der Waals surface area contributed by atoms with Crippen molar-refractivity contribution in [3.63, 3.8) is 0 Å². The fraction of sp³-hybridized carbons (Fsp3) is 0.800. The van der Waals surface area contributed by atoms with E-state index in [4.69, 9.17) is 0 Å². The molecule has 0 radical (unpaired) electrons. The van der Waals surface area contributed by atoms with Gasteiger partial charge in [-0.15, -0.1) is 6.58 Å². The molecule has 3 heteroatoms. The van der Waals surface area contributed by atoms with Crippen molar-refractivity contribution in [1.29, 1.82) is 0 Å². The van der Waals surface area contributed by atoms with E-state index in [1.807, 2.05) is 6.08 Å². The van der Waals surface area contributed by atoms with Crippen LogP contribution >= 0.6 is 0 Å². The van der Waals surface area contributed by atoms with Crippen LogP contribution in [0.2, 0.25) is 12.6 Å². The van der Waals surface area contributed by atoms with Crippen molar-refractivity contribution in [3.05, 3.63) is 12.7 Å². The lowest BCUT2D eigenvalue weighted by Crippen LogP contribution is -2.60. The first-order valence-corrected chi connectivity index (χ1v) is 8.00. The third-order valence-electron chi connectivity index (χ3n) is 2.08. The van der Waals surface area contributed by atoms with Crippen molar-refractivity contribution in [3.8, 4) is 0 Å². The summed E-state index contributed by atoms with van der Waals surface area (Å²) in [5, 5.41) is 0. The molecule has 78 valence electrons. The third-order valence-corrected chi connectivity index (χ3v) is 5.25. The highest BCUT2D eigenvalue weighted by atomic mass is 28.3. The van der Waals surface area contributed by atoms with E-state index >= 15 is 0 Å². The van der Waals surface area contributed by atoms with Crippen molar-refractivity contribution in [2.75, 3.05) is 13.1 Å². The maximum atomic E-state index is 3.82. The minimum atomic E-state index is -1.41. The lowest BCUT2D eigenvalue weighted by molar-refractivity contribution is 0.765. The van der Waals surface area contributed by atoms with Crippen LogP contribution in [-0.2, 0) is 0 Å². The lowest BCUT2D eigenvalue weighted by Gasteiger charge is -2.28. The molecule has 0 amide bonds. The predicted octanol–water partition coefficient (Wildman–Crippen LogP) is 2.24. The van der Waals surface area contributed by atoms with Gasteiger partial charge in [0.05, 0.1) is 0 Å². The molecule has 0 fully saturated rings. The number of rotatable bonds is 8. The summed E-state index contributed by atoms with van der Waals surface area (Å²) in [6.07, 6.45) is 4.43. The fourth-order valence-corrected chi connectivity index (χ4v) is 3.89. The number of allylic oxidation sites excluding steroid dienone is 1. The Labute approximate surface area is 84.0 Å². The number of hydrogen-bond donors (Lipinski definition) is 2. The Morgan fingerprint density at radius 3 is 1.92 bits per heavy atom. The Hall–Kier alpha value is -0.123. The van der Waals surface area contributed by atoms with Gasteiger partial charge < -0.3 is 9.96 Å². The summed E-state index contributed by atoms with van der Waals surface area (Å²) in [6, 6.07) is 1.10. The van der Waals surface area contributed by atoms with Crippen LogP contribution in [0.3, 0.4) is 0 Å². The minimum Gasteiger partial charge on any atom is -0.325 e. The van der Waals surface area contributed by atoms with Gasteiger partial charge in [-0.3, -0.25) is 0 Å². The van der Waals surface area contributed by atoms with Gasteiger partial charge in [0.15, 0.2) is 0 Å². The van der Waals surface area contributed by atoms with E-state index in [1.165, 1.54) is 12.8 Å².